The SMILES string of the molecule is CC(=O)Nc1ccc(NC(=O)C2CSCCN2)cc1C. The van der Waals surface area contributed by atoms with Gasteiger partial charge in [0.25, 0.3) is 0 Å². The molecule has 0 aromatic heterocycles. The Labute approximate surface area is 122 Å². The van der Waals surface area contributed by atoms with Crippen molar-refractivity contribution in [1.29, 1.82) is 0 Å². The van der Waals surface area contributed by atoms with E-state index in [1.807, 2.05) is 13.0 Å². The lowest BCUT2D eigenvalue weighted by Gasteiger charge is -2.22. The Hall–Kier alpha value is -1.53. The maximum absolute atomic E-state index is 12.1. The standard InChI is InChI=1S/C14H19N3O2S/c1-9-7-11(3-4-12(9)16-10(2)18)17-14(19)13-8-20-6-5-15-13/h3-4,7,13,15H,5-6,8H2,1-2H3,(H,16,18)(H,17,19). The molecule has 1 aliphatic rings. The Balaban J connectivity index is 2.00. The fourth-order valence-electron chi connectivity index (χ4n) is 2.03. The number of aryl methyl sites for hydroxylation is 1. The molecule has 1 saturated heterocycles. The van der Waals surface area contributed by atoms with Crippen molar-refractivity contribution in [3.8, 4) is 0 Å². The van der Waals surface area contributed by atoms with Crippen LogP contribution in [0.2, 0.25) is 0 Å². The van der Waals surface area contributed by atoms with Crippen molar-refractivity contribution in [3.63, 3.8) is 0 Å². The van der Waals surface area contributed by atoms with Gasteiger partial charge in [0.2, 0.25) is 11.8 Å². The molecule has 0 saturated carbocycles. The van der Waals surface area contributed by atoms with Crippen LogP contribution >= 0.6 is 11.8 Å². The van der Waals surface area contributed by atoms with Crippen LogP contribution in [0.25, 0.3) is 0 Å². The van der Waals surface area contributed by atoms with Gasteiger partial charge in [-0.3, -0.25) is 9.59 Å². The highest BCUT2D eigenvalue weighted by atomic mass is 32.2. The summed E-state index contributed by atoms with van der Waals surface area (Å²) in [5, 5.41) is 8.86. The van der Waals surface area contributed by atoms with Crippen molar-refractivity contribution in [2.45, 2.75) is 19.9 Å². The summed E-state index contributed by atoms with van der Waals surface area (Å²) in [6.45, 7) is 4.24. The summed E-state index contributed by atoms with van der Waals surface area (Å²) in [4.78, 5) is 23.1. The van der Waals surface area contributed by atoms with E-state index >= 15 is 0 Å². The molecule has 0 radical (unpaired) electrons. The average Bonchev–Trinajstić information content (AvgIpc) is 2.42. The third-order valence-corrected chi connectivity index (χ3v) is 4.10. The van der Waals surface area contributed by atoms with E-state index in [9.17, 15) is 9.59 Å². The van der Waals surface area contributed by atoms with E-state index in [4.69, 9.17) is 0 Å². The first-order valence-electron chi connectivity index (χ1n) is 6.56. The van der Waals surface area contributed by atoms with Crippen molar-refractivity contribution in [3.05, 3.63) is 23.8 Å². The molecule has 0 aliphatic carbocycles. The van der Waals surface area contributed by atoms with Crippen LogP contribution in [0, 0.1) is 6.92 Å². The summed E-state index contributed by atoms with van der Waals surface area (Å²) < 4.78 is 0. The van der Waals surface area contributed by atoms with Gasteiger partial charge in [0.15, 0.2) is 0 Å². The first kappa shape index (κ1) is 14.9. The van der Waals surface area contributed by atoms with Gasteiger partial charge in [-0.25, -0.2) is 0 Å². The molecule has 2 amide bonds. The number of hydrogen-bond donors (Lipinski definition) is 3. The van der Waals surface area contributed by atoms with E-state index in [0.717, 1.165) is 35.0 Å². The topological polar surface area (TPSA) is 70.2 Å². The Bertz CT molecular complexity index is 513. The number of carbonyl (C=O) groups excluding carboxylic acids is 2. The normalized spacial score (nSPS) is 18.4. The maximum atomic E-state index is 12.1. The third-order valence-electron chi connectivity index (χ3n) is 3.04. The molecule has 0 bridgehead atoms. The van der Waals surface area contributed by atoms with Gasteiger partial charge < -0.3 is 16.0 Å². The molecule has 1 aromatic rings. The van der Waals surface area contributed by atoms with Crippen molar-refractivity contribution in [2.75, 3.05) is 28.7 Å². The van der Waals surface area contributed by atoms with Gasteiger partial charge >= 0.3 is 0 Å². The van der Waals surface area contributed by atoms with E-state index in [-0.39, 0.29) is 17.9 Å². The molecule has 1 heterocycles. The van der Waals surface area contributed by atoms with Gasteiger partial charge in [-0.1, -0.05) is 0 Å². The number of thioether (sulfide) groups is 1. The molecule has 1 aromatic carbocycles. The lowest BCUT2D eigenvalue weighted by atomic mass is 10.1. The van der Waals surface area contributed by atoms with Crippen LogP contribution < -0.4 is 16.0 Å². The van der Waals surface area contributed by atoms with E-state index in [2.05, 4.69) is 16.0 Å². The summed E-state index contributed by atoms with van der Waals surface area (Å²) in [6.07, 6.45) is 0. The molecular weight excluding hydrogens is 274 g/mol. The molecule has 1 aliphatic heterocycles. The number of nitrogens with one attached hydrogen (secondary N) is 3. The quantitative estimate of drug-likeness (QED) is 0.791. The zero-order chi connectivity index (χ0) is 14.5. The van der Waals surface area contributed by atoms with Crippen LogP contribution in [0.15, 0.2) is 18.2 Å². The number of carbonyl (C=O) groups is 2. The second kappa shape index (κ2) is 6.76. The van der Waals surface area contributed by atoms with Crippen molar-refractivity contribution < 1.29 is 9.59 Å². The van der Waals surface area contributed by atoms with Crippen LogP contribution in [0.4, 0.5) is 11.4 Å². The second-order valence-electron chi connectivity index (χ2n) is 4.78. The summed E-state index contributed by atoms with van der Waals surface area (Å²) in [5.41, 5.74) is 2.43. The van der Waals surface area contributed by atoms with Crippen LogP contribution in [-0.2, 0) is 9.59 Å². The molecule has 5 nitrogen and oxygen atoms in total. The van der Waals surface area contributed by atoms with Gasteiger partial charge in [0.1, 0.15) is 0 Å². The Morgan fingerprint density at radius 1 is 1.35 bits per heavy atom. The van der Waals surface area contributed by atoms with Crippen molar-refractivity contribution in [1.82, 2.24) is 5.32 Å². The minimum absolute atomic E-state index is 0.0103. The van der Waals surface area contributed by atoms with E-state index in [1.165, 1.54) is 6.92 Å². The summed E-state index contributed by atoms with van der Waals surface area (Å²) >= 11 is 1.78. The van der Waals surface area contributed by atoms with E-state index in [0.29, 0.717) is 0 Å². The number of anilines is 2. The van der Waals surface area contributed by atoms with Gasteiger partial charge in [-0.05, 0) is 30.7 Å². The van der Waals surface area contributed by atoms with Gasteiger partial charge in [-0.15, -0.1) is 0 Å². The fourth-order valence-corrected chi connectivity index (χ4v) is 2.97. The molecular formula is C14H19N3O2S. The highest BCUT2D eigenvalue weighted by molar-refractivity contribution is 7.99. The van der Waals surface area contributed by atoms with Crippen molar-refractivity contribution in [2.24, 2.45) is 0 Å². The third kappa shape index (κ3) is 3.98. The van der Waals surface area contributed by atoms with Crippen LogP contribution in [0.1, 0.15) is 12.5 Å². The smallest absolute Gasteiger partial charge is 0.242 e. The number of benzene rings is 1. The van der Waals surface area contributed by atoms with Gasteiger partial charge in [0, 0.05) is 36.3 Å². The highest BCUT2D eigenvalue weighted by Gasteiger charge is 2.20. The van der Waals surface area contributed by atoms with Gasteiger partial charge in [-0.2, -0.15) is 11.8 Å². The Morgan fingerprint density at radius 3 is 2.75 bits per heavy atom. The fraction of sp³-hybridized carbons (Fsp3) is 0.429. The van der Waals surface area contributed by atoms with Crippen LogP contribution in [0.5, 0.6) is 0 Å². The Morgan fingerprint density at radius 2 is 2.15 bits per heavy atom. The lowest BCUT2D eigenvalue weighted by molar-refractivity contribution is -0.117. The largest absolute Gasteiger partial charge is 0.326 e. The molecule has 1 unspecified atom stereocenters. The number of rotatable bonds is 3. The molecule has 1 atom stereocenters. The predicted molar refractivity (Wildman–Crippen MR) is 83.2 cm³/mol. The average molecular weight is 293 g/mol. The minimum Gasteiger partial charge on any atom is -0.326 e. The number of amides is 2. The Kier molecular flexibility index (Phi) is 5.03. The van der Waals surface area contributed by atoms with Crippen LogP contribution in [-0.4, -0.2) is 35.9 Å². The predicted octanol–water partition coefficient (Wildman–Crippen LogP) is 1.60. The zero-order valence-corrected chi connectivity index (χ0v) is 12.5. The summed E-state index contributed by atoms with van der Waals surface area (Å²) in [6, 6.07) is 5.32. The van der Waals surface area contributed by atoms with E-state index < -0.39 is 0 Å². The molecule has 6 heteroatoms. The maximum Gasteiger partial charge on any atom is 0.242 e. The first-order valence-corrected chi connectivity index (χ1v) is 7.72. The van der Waals surface area contributed by atoms with Gasteiger partial charge in [0.05, 0.1) is 6.04 Å². The molecule has 0 spiro atoms. The van der Waals surface area contributed by atoms with E-state index in [1.54, 1.807) is 23.9 Å². The molecule has 3 N–H and O–H groups in total. The highest BCUT2D eigenvalue weighted by Crippen LogP contribution is 2.20. The first-order chi connectivity index (χ1) is 9.56. The molecule has 20 heavy (non-hydrogen) atoms. The lowest BCUT2D eigenvalue weighted by Crippen LogP contribution is -2.46. The molecule has 1 fully saturated rings. The molecule has 108 valence electrons. The molecule has 2 rings (SSSR count). The summed E-state index contributed by atoms with van der Waals surface area (Å²) in [5.74, 6) is 1.74. The second-order valence-corrected chi connectivity index (χ2v) is 5.93. The van der Waals surface area contributed by atoms with Crippen LogP contribution in [0.3, 0.4) is 0 Å². The summed E-state index contributed by atoms with van der Waals surface area (Å²) in [7, 11) is 0. The zero-order valence-electron chi connectivity index (χ0n) is 11.7. The van der Waals surface area contributed by atoms with Crippen molar-refractivity contribution >= 4 is 35.0 Å². The number of hydrogen-bond acceptors (Lipinski definition) is 4. The monoisotopic (exact) mass is 293 g/mol. The minimum atomic E-state index is -0.135.